The number of sulfonamides is 1. The molecule has 1 heterocycles. The second kappa shape index (κ2) is 12.4. The molecule has 0 aliphatic carbocycles. The number of piperidine rings is 1. The average molecular weight is 595 g/mol. The third kappa shape index (κ3) is 7.42. The highest BCUT2D eigenvalue weighted by atomic mass is 35.5. The lowest BCUT2D eigenvalue weighted by atomic mass is 9.88. The van der Waals surface area contributed by atoms with Gasteiger partial charge in [0.15, 0.2) is 0 Å². The van der Waals surface area contributed by atoms with E-state index in [9.17, 15) is 8.42 Å². The maximum atomic E-state index is 12.9. The Labute approximate surface area is 232 Å². The molecule has 2 atom stereocenters. The summed E-state index contributed by atoms with van der Waals surface area (Å²) in [6, 6.07) is 9.72. The van der Waals surface area contributed by atoms with Crippen LogP contribution in [0.2, 0.25) is 20.1 Å². The molecule has 3 rings (SSSR count). The predicted molar refractivity (Wildman–Crippen MR) is 148 cm³/mol. The molecule has 10 heteroatoms. The second-order valence-corrected chi connectivity index (χ2v) is 12.1. The molecular weight excluding hydrogens is 570 g/mol. The molecule has 188 valence electrons. The molecule has 2 aromatic rings. The lowest BCUT2D eigenvalue weighted by Gasteiger charge is -2.42. The topological polar surface area (TPSA) is 49.4 Å². The van der Waals surface area contributed by atoms with Crippen molar-refractivity contribution < 1.29 is 8.42 Å². The standard InChI is InChI=1S/C25H25Cl5N2O2S/c1-3-18(26)6-4-16(2)32-15-17(5-10-24(32)21-9-7-19(27)12-22(21)29)14-31-35(33,34)25-11-8-20(28)13-23(25)30/h3-4,6-9,11-13,17,24,31H,2,5,10,14-15H2,1H3/b6-4-,18-3+. The predicted octanol–water partition coefficient (Wildman–Crippen LogP) is 8.24. The SMILES string of the molecule is C=C(/C=C\C(Cl)=C/C)N1CC(CNS(=O)(=O)c2ccc(Cl)cc2Cl)CCC1c1ccc(Cl)cc1Cl. The fourth-order valence-corrected chi connectivity index (χ4v) is 6.48. The maximum absolute atomic E-state index is 12.9. The van der Waals surface area contributed by atoms with Gasteiger partial charge in [0.2, 0.25) is 10.0 Å². The second-order valence-electron chi connectivity index (χ2n) is 8.20. The van der Waals surface area contributed by atoms with E-state index < -0.39 is 10.0 Å². The Morgan fingerprint density at radius 1 is 1.06 bits per heavy atom. The fourth-order valence-electron chi connectivity index (χ4n) is 3.99. The van der Waals surface area contributed by atoms with Gasteiger partial charge in [-0.15, -0.1) is 0 Å². The molecule has 2 aromatic carbocycles. The summed E-state index contributed by atoms with van der Waals surface area (Å²) >= 11 is 30.8. The Balaban J connectivity index is 1.81. The normalized spacial score (nSPS) is 19.4. The molecular formula is C25H25Cl5N2O2S. The van der Waals surface area contributed by atoms with E-state index in [1.54, 1.807) is 18.2 Å². The van der Waals surface area contributed by atoms with Gasteiger partial charge in [0.1, 0.15) is 4.90 Å². The number of nitrogens with one attached hydrogen (secondary N) is 1. The van der Waals surface area contributed by atoms with Gasteiger partial charge in [0.25, 0.3) is 0 Å². The Bertz CT molecular complexity index is 1260. The van der Waals surface area contributed by atoms with Crippen LogP contribution in [0.4, 0.5) is 0 Å². The number of hydrogen-bond donors (Lipinski definition) is 1. The lowest BCUT2D eigenvalue weighted by Crippen LogP contribution is -2.41. The summed E-state index contributed by atoms with van der Waals surface area (Å²) in [6.45, 7) is 6.89. The van der Waals surface area contributed by atoms with Crippen molar-refractivity contribution in [2.24, 2.45) is 5.92 Å². The van der Waals surface area contributed by atoms with Crippen LogP contribution in [-0.2, 0) is 10.0 Å². The summed E-state index contributed by atoms with van der Waals surface area (Å²) in [5.41, 5.74) is 1.68. The van der Waals surface area contributed by atoms with Crippen LogP contribution < -0.4 is 4.72 Å². The van der Waals surface area contributed by atoms with E-state index in [2.05, 4.69) is 16.2 Å². The first-order chi connectivity index (χ1) is 16.5. The van der Waals surface area contributed by atoms with Crippen LogP contribution in [-0.4, -0.2) is 26.4 Å². The first-order valence-electron chi connectivity index (χ1n) is 10.9. The van der Waals surface area contributed by atoms with Crippen LogP contribution in [0.3, 0.4) is 0 Å². The fraction of sp³-hybridized carbons (Fsp3) is 0.280. The Morgan fingerprint density at radius 2 is 1.71 bits per heavy atom. The van der Waals surface area contributed by atoms with Crippen molar-refractivity contribution in [2.45, 2.75) is 30.7 Å². The van der Waals surface area contributed by atoms with E-state index in [1.807, 2.05) is 25.1 Å². The highest BCUT2D eigenvalue weighted by Crippen LogP contribution is 2.39. The van der Waals surface area contributed by atoms with E-state index in [4.69, 9.17) is 58.0 Å². The van der Waals surface area contributed by atoms with Gasteiger partial charge in [-0.3, -0.25) is 0 Å². The van der Waals surface area contributed by atoms with Gasteiger partial charge in [-0.2, -0.15) is 0 Å². The molecule has 2 unspecified atom stereocenters. The minimum Gasteiger partial charge on any atom is -0.365 e. The molecule has 0 amide bonds. The van der Waals surface area contributed by atoms with Gasteiger partial charge < -0.3 is 4.90 Å². The molecule has 35 heavy (non-hydrogen) atoms. The van der Waals surface area contributed by atoms with Crippen LogP contribution >= 0.6 is 58.0 Å². The average Bonchev–Trinajstić information content (AvgIpc) is 2.81. The van der Waals surface area contributed by atoms with E-state index in [0.29, 0.717) is 26.6 Å². The van der Waals surface area contributed by atoms with E-state index >= 15 is 0 Å². The van der Waals surface area contributed by atoms with Crippen LogP contribution in [0, 0.1) is 5.92 Å². The molecule has 1 aliphatic heterocycles. The molecule has 1 fully saturated rings. The monoisotopic (exact) mass is 592 g/mol. The largest absolute Gasteiger partial charge is 0.365 e. The van der Waals surface area contributed by atoms with Crippen molar-refractivity contribution in [3.63, 3.8) is 0 Å². The van der Waals surface area contributed by atoms with E-state index in [-0.39, 0.29) is 28.4 Å². The van der Waals surface area contributed by atoms with Crippen LogP contribution in [0.25, 0.3) is 0 Å². The summed E-state index contributed by atoms with van der Waals surface area (Å²) in [7, 11) is -3.80. The molecule has 0 radical (unpaired) electrons. The number of rotatable bonds is 8. The number of hydrogen-bond acceptors (Lipinski definition) is 3. The van der Waals surface area contributed by atoms with Crippen LogP contribution in [0.15, 0.2) is 76.8 Å². The number of benzene rings is 2. The number of halogens is 5. The Kier molecular flexibility index (Phi) is 10.0. The minimum absolute atomic E-state index is 0.00427. The molecule has 1 saturated heterocycles. The molecule has 0 aromatic heterocycles. The van der Waals surface area contributed by atoms with E-state index in [0.717, 1.165) is 24.1 Å². The first-order valence-corrected chi connectivity index (χ1v) is 14.2. The van der Waals surface area contributed by atoms with Gasteiger partial charge in [0, 0.05) is 38.9 Å². The van der Waals surface area contributed by atoms with Gasteiger partial charge in [-0.1, -0.05) is 76.7 Å². The minimum atomic E-state index is -3.80. The van der Waals surface area contributed by atoms with Crippen molar-refractivity contribution in [1.82, 2.24) is 9.62 Å². The summed E-state index contributed by atoms with van der Waals surface area (Å²) in [5, 5.41) is 2.17. The third-order valence-corrected chi connectivity index (χ3v) is 8.87. The van der Waals surface area contributed by atoms with Gasteiger partial charge in [0.05, 0.1) is 11.1 Å². The highest BCUT2D eigenvalue weighted by molar-refractivity contribution is 7.89. The van der Waals surface area contributed by atoms with Gasteiger partial charge in [-0.05, 0) is 73.7 Å². The molecule has 1 aliphatic rings. The maximum Gasteiger partial charge on any atom is 0.242 e. The summed E-state index contributed by atoms with van der Waals surface area (Å²) in [6.07, 6.45) is 6.94. The zero-order valence-corrected chi connectivity index (χ0v) is 23.5. The number of likely N-dealkylation sites (tertiary alicyclic amines) is 1. The van der Waals surface area contributed by atoms with Crippen molar-refractivity contribution in [1.29, 1.82) is 0 Å². The first kappa shape index (κ1) is 28.4. The third-order valence-electron chi connectivity index (χ3n) is 5.83. The van der Waals surface area contributed by atoms with Crippen molar-refractivity contribution in [2.75, 3.05) is 13.1 Å². The van der Waals surface area contributed by atoms with Crippen LogP contribution in [0.5, 0.6) is 0 Å². The van der Waals surface area contributed by atoms with Crippen LogP contribution in [0.1, 0.15) is 31.4 Å². The molecule has 0 spiro atoms. The van der Waals surface area contributed by atoms with Gasteiger partial charge >= 0.3 is 0 Å². The Hall–Kier alpha value is -1.18. The van der Waals surface area contributed by atoms with E-state index in [1.165, 1.54) is 18.2 Å². The molecule has 4 nitrogen and oxygen atoms in total. The summed E-state index contributed by atoms with van der Waals surface area (Å²) in [4.78, 5) is 2.12. The highest BCUT2D eigenvalue weighted by Gasteiger charge is 2.32. The molecule has 1 N–H and O–H groups in total. The smallest absolute Gasteiger partial charge is 0.242 e. The number of nitrogens with zero attached hydrogens (tertiary/aromatic N) is 1. The molecule has 0 bridgehead atoms. The van der Waals surface area contributed by atoms with Crippen molar-refractivity contribution >= 4 is 68.0 Å². The summed E-state index contributed by atoms with van der Waals surface area (Å²) in [5.74, 6) is 0.0283. The zero-order valence-electron chi connectivity index (χ0n) is 18.9. The Morgan fingerprint density at radius 3 is 2.34 bits per heavy atom. The number of allylic oxidation sites excluding steroid dienone is 4. The van der Waals surface area contributed by atoms with Crippen molar-refractivity contribution in [3.05, 3.63) is 97.6 Å². The summed E-state index contributed by atoms with van der Waals surface area (Å²) < 4.78 is 28.4. The lowest BCUT2D eigenvalue weighted by molar-refractivity contribution is 0.153. The van der Waals surface area contributed by atoms with Gasteiger partial charge in [-0.25, -0.2) is 13.1 Å². The molecule has 0 saturated carbocycles. The zero-order chi connectivity index (χ0) is 25.8. The quantitative estimate of drug-likeness (QED) is 0.313. The van der Waals surface area contributed by atoms with Crippen molar-refractivity contribution in [3.8, 4) is 0 Å².